The number of hydrogen-bond acceptors (Lipinski definition) is 7. The summed E-state index contributed by atoms with van der Waals surface area (Å²) in [5.74, 6) is -4.36. The third kappa shape index (κ3) is 3.05. The zero-order valence-corrected chi connectivity index (χ0v) is 11.3. The average Bonchev–Trinajstić information content (AvgIpc) is 2.42. The van der Waals surface area contributed by atoms with Crippen LogP contribution in [0.4, 0.5) is 31.9 Å². The summed E-state index contributed by atoms with van der Waals surface area (Å²) in [6.45, 7) is 0. The quantitative estimate of drug-likeness (QED) is 0.334. The third-order valence-corrected chi connectivity index (χ3v) is 3.37. The molecule has 1 heterocycles. The lowest BCUT2D eigenvalue weighted by molar-refractivity contribution is 0.479. The third-order valence-electron chi connectivity index (χ3n) is 2.44. The van der Waals surface area contributed by atoms with Gasteiger partial charge in [0, 0.05) is 5.69 Å². The molecule has 0 aliphatic carbocycles. The van der Waals surface area contributed by atoms with Gasteiger partial charge in [-0.25, -0.2) is 0 Å². The Hall–Kier alpha value is -2.91. The summed E-state index contributed by atoms with van der Waals surface area (Å²) in [5, 5.41) is 10.8. The molecule has 0 saturated heterocycles. The Morgan fingerprint density at radius 1 is 1.32 bits per heavy atom. The highest BCUT2D eigenvalue weighted by Crippen LogP contribution is 2.26. The largest absolute Gasteiger partial charge is 0.566 e. The molecule has 12 heteroatoms. The van der Waals surface area contributed by atoms with Crippen molar-refractivity contribution in [1.29, 1.82) is 5.39 Å². The molecule has 22 heavy (non-hydrogen) atoms. The first-order chi connectivity index (χ1) is 10.2. The van der Waals surface area contributed by atoms with Crippen LogP contribution in [0.25, 0.3) is 4.98 Å². The molecule has 0 radical (unpaired) electrons. The molecule has 0 atom stereocenters. The lowest BCUT2D eigenvalue weighted by Crippen LogP contribution is -2.05. The van der Waals surface area contributed by atoms with Crippen molar-refractivity contribution in [3.8, 4) is 0 Å². The monoisotopic (exact) mass is 329 g/mol. The van der Waals surface area contributed by atoms with E-state index >= 15 is 0 Å². The van der Waals surface area contributed by atoms with E-state index in [1.54, 1.807) is 0 Å². The van der Waals surface area contributed by atoms with Gasteiger partial charge in [0.25, 0.3) is 21.8 Å². The van der Waals surface area contributed by atoms with Gasteiger partial charge < -0.3 is 11.1 Å². The summed E-state index contributed by atoms with van der Waals surface area (Å²) >= 11 is 0. The number of hydrogen-bond donors (Lipinski definition) is 3. The Morgan fingerprint density at radius 3 is 2.55 bits per heavy atom. The first kappa shape index (κ1) is 15.5. The maximum Gasteiger partial charge on any atom is 0.566 e. The van der Waals surface area contributed by atoms with Crippen LogP contribution < -0.4 is 11.1 Å². The molecule has 0 unspecified atom stereocenters. The van der Waals surface area contributed by atoms with Crippen LogP contribution in [-0.4, -0.2) is 22.9 Å². The van der Waals surface area contributed by atoms with Crippen LogP contribution >= 0.6 is 0 Å². The Kier molecular flexibility index (Phi) is 3.85. The maximum atomic E-state index is 13.5. The number of nitrogens with two attached hydrogens (primary N) is 1. The van der Waals surface area contributed by atoms with E-state index in [0.29, 0.717) is 0 Å². The summed E-state index contributed by atoms with van der Waals surface area (Å²) in [6.07, 6.45) is 0. The first-order valence-corrected chi connectivity index (χ1v) is 6.88. The van der Waals surface area contributed by atoms with Gasteiger partial charge >= 0.3 is 11.9 Å². The van der Waals surface area contributed by atoms with E-state index in [1.165, 1.54) is 0 Å². The summed E-state index contributed by atoms with van der Waals surface area (Å²) in [6, 6.07) is 3.15. The molecule has 0 aliphatic rings. The summed E-state index contributed by atoms with van der Waals surface area (Å²) < 4.78 is 57.6. The van der Waals surface area contributed by atoms with Crippen molar-refractivity contribution < 1.29 is 21.8 Å². The Bertz CT molecular complexity index is 896. The number of halogens is 2. The highest BCUT2D eigenvalue weighted by atomic mass is 32.2. The Balaban J connectivity index is 2.43. The molecule has 0 spiro atoms. The first-order valence-electron chi connectivity index (χ1n) is 5.44. The van der Waals surface area contributed by atoms with Crippen LogP contribution in [0, 0.1) is 17.2 Å². The molecule has 2 rings (SSSR count). The number of aromatic nitrogens is 2. The molecule has 0 bridgehead atoms. The fraction of sp³-hybridized carbons (Fsp3) is 0. The van der Waals surface area contributed by atoms with Gasteiger partial charge in [-0.05, 0) is 33.1 Å². The van der Waals surface area contributed by atoms with E-state index in [1.807, 2.05) is 0 Å². The highest BCUT2D eigenvalue weighted by Gasteiger charge is 2.24. The molecular formula is C10H7F2N6O3S+. The molecule has 0 fully saturated rings. The average molecular weight is 329 g/mol. The predicted molar refractivity (Wildman–Crippen MR) is 70.6 cm³/mol. The molecule has 1 aromatic heterocycles. The zero-order chi connectivity index (χ0) is 16.5. The second-order valence-electron chi connectivity index (χ2n) is 3.93. The number of nitrogens with one attached hydrogen (secondary N) is 1. The predicted octanol–water partition coefficient (Wildman–Crippen LogP) is 1.81. The smallest absolute Gasteiger partial charge is 0.398 e. The second-order valence-corrected chi connectivity index (χ2v) is 5.32. The van der Waals surface area contributed by atoms with Gasteiger partial charge in [0.15, 0.2) is 0 Å². The molecule has 0 saturated carbocycles. The van der Waals surface area contributed by atoms with Crippen LogP contribution in [0.2, 0.25) is 0 Å². The summed E-state index contributed by atoms with van der Waals surface area (Å²) in [5.41, 5.74) is 5.17. The molecule has 114 valence electrons. The lowest BCUT2D eigenvalue weighted by Gasteiger charge is -2.07. The standard InChI is InChI=1S/C10H6F2N6O3S/c11-7-8(12)16-10(18-14)17-9(7)15-4-1-2-6(5(13)3-4)22(19,20)21/h1-3H,13H2,(H-,15,16,17,19,20,21)/p+1. The van der Waals surface area contributed by atoms with Gasteiger partial charge in [-0.15, -0.1) is 0 Å². The minimum absolute atomic E-state index is 0.0470. The van der Waals surface area contributed by atoms with Crippen LogP contribution in [-0.2, 0) is 10.1 Å². The van der Waals surface area contributed by atoms with Crippen LogP contribution in [0.15, 0.2) is 23.1 Å². The zero-order valence-electron chi connectivity index (χ0n) is 10.5. The number of nitrogens with zero attached hydrogens (tertiary/aromatic N) is 4. The molecule has 2 aromatic rings. The van der Waals surface area contributed by atoms with Gasteiger partial charge in [0.1, 0.15) is 4.90 Å². The van der Waals surface area contributed by atoms with Crippen molar-refractivity contribution >= 4 is 33.3 Å². The van der Waals surface area contributed by atoms with Gasteiger partial charge in [0.05, 0.1) is 11.1 Å². The minimum atomic E-state index is -4.51. The molecule has 1 aromatic carbocycles. The van der Waals surface area contributed by atoms with E-state index < -0.39 is 38.5 Å². The number of rotatable bonds is 3. The molecule has 0 aliphatic heterocycles. The summed E-state index contributed by atoms with van der Waals surface area (Å²) in [4.78, 5) is 8.29. The van der Waals surface area contributed by atoms with Gasteiger partial charge in [-0.2, -0.15) is 17.2 Å². The number of anilines is 3. The van der Waals surface area contributed by atoms with E-state index in [2.05, 4.69) is 20.3 Å². The van der Waals surface area contributed by atoms with Gasteiger partial charge in [-0.1, -0.05) is 0 Å². The topological polar surface area (TPSA) is 146 Å². The van der Waals surface area contributed by atoms with Crippen molar-refractivity contribution in [3.05, 3.63) is 34.9 Å². The number of nitrogen functional groups attached to an aromatic ring is 1. The van der Waals surface area contributed by atoms with Crippen molar-refractivity contribution in [2.75, 3.05) is 11.1 Å². The normalized spacial score (nSPS) is 11.0. The molecule has 0 amide bonds. The molecule has 9 nitrogen and oxygen atoms in total. The highest BCUT2D eigenvalue weighted by molar-refractivity contribution is 7.86. The minimum Gasteiger partial charge on any atom is -0.398 e. The van der Waals surface area contributed by atoms with Crippen LogP contribution in [0.5, 0.6) is 0 Å². The van der Waals surface area contributed by atoms with Crippen molar-refractivity contribution in [3.63, 3.8) is 0 Å². The van der Waals surface area contributed by atoms with Crippen LogP contribution in [0.1, 0.15) is 0 Å². The van der Waals surface area contributed by atoms with Crippen molar-refractivity contribution in [2.24, 2.45) is 0 Å². The number of benzene rings is 1. The fourth-order valence-corrected chi connectivity index (χ4v) is 2.13. The summed E-state index contributed by atoms with van der Waals surface area (Å²) in [7, 11) is -4.51. The Labute approximate surface area is 122 Å². The van der Waals surface area contributed by atoms with E-state index in [9.17, 15) is 17.2 Å². The Morgan fingerprint density at radius 2 is 2.00 bits per heavy atom. The fourth-order valence-electron chi connectivity index (χ4n) is 1.53. The van der Waals surface area contributed by atoms with E-state index in [0.717, 1.165) is 18.2 Å². The van der Waals surface area contributed by atoms with Crippen molar-refractivity contribution in [1.82, 2.24) is 9.97 Å². The number of diazo groups is 1. The molecular weight excluding hydrogens is 322 g/mol. The SMILES string of the molecule is N#[N+]c1nc(F)c(F)c(Nc2ccc(S(=O)(=O)O)c(N)c2)n1. The van der Waals surface area contributed by atoms with Crippen LogP contribution in [0.3, 0.4) is 0 Å². The maximum absolute atomic E-state index is 13.5. The van der Waals surface area contributed by atoms with E-state index in [4.69, 9.17) is 15.7 Å². The lowest BCUT2D eigenvalue weighted by atomic mass is 10.3. The molecule has 4 N–H and O–H groups in total. The second kappa shape index (κ2) is 5.47. The van der Waals surface area contributed by atoms with E-state index in [-0.39, 0.29) is 11.4 Å². The van der Waals surface area contributed by atoms with Crippen molar-refractivity contribution in [2.45, 2.75) is 4.90 Å². The van der Waals surface area contributed by atoms with Gasteiger partial charge in [0.2, 0.25) is 0 Å². The van der Waals surface area contributed by atoms with Gasteiger partial charge in [-0.3, -0.25) is 4.55 Å².